The van der Waals surface area contributed by atoms with E-state index >= 15 is 0 Å². The number of fused-ring (bicyclic) bond motifs is 3. The van der Waals surface area contributed by atoms with Gasteiger partial charge >= 0.3 is 0 Å². The Morgan fingerprint density at radius 3 is 2.30 bits per heavy atom. The Morgan fingerprint density at radius 1 is 1.04 bits per heavy atom. The normalized spacial score (nSPS) is 24.5. The predicted molar refractivity (Wildman–Crippen MR) is 171 cm³/mol. The second-order valence-electron chi connectivity index (χ2n) is 13.3. The number of nitrogens with two attached hydrogens (primary N) is 1. The van der Waals surface area contributed by atoms with Gasteiger partial charge in [-0.15, -0.1) is 0 Å². The summed E-state index contributed by atoms with van der Waals surface area (Å²) < 4.78 is 6.14. The van der Waals surface area contributed by atoms with E-state index in [2.05, 4.69) is 9.80 Å². The number of carbonyl (C=O) groups excluding carboxylic acids is 3. The number of hydrogen-bond donors (Lipinski definition) is 5. The maximum absolute atomic E-state index is 14.2. The quantitative estimate of drug-likeness (QED) is 0.249. The molecule has 0 radical (unpaired) electrons. The Kier molecular flexibility index (Phi) is 8.58. The van der Waals surface area contributed by atoms with Crippen molar-refractivity contribution >= 4 is 28.9 Å². The summed E-state index contributed by atoms with van der Waals surface area (Å²) in [6.45, 7) is 2.22. The third-order valence-electron chi connectivity index (χ3n) is 9.46. The Morgan fingerprint density at radius 2 is 1.72 bits per heavy atom. The maximum atomic E-state index is 14.2. The molecule has 3 aliphatic rings. The van der Waals surface area contributed by atoms with E-state index in [1.807, 2.05) is 46.2 Å². The molecule has 46 heavy (non-hydrogen) atoms. The Labute approximate surface area is 267 Å². The molecule has 1 fully saturated rings. The summed E-state index contributed by atoms with van der Waals surface area (Å²) in [6, 6.07) is 4.18. The Bertz CT molecular complexity index is 1670. The highest BCUT2D eigenvalue weighted by molar-refractivity contribution is 6.24. The van der Waals surface area contributed by atoms with Crippen LogP contribution < -0.4 is 10.6 Å². The van der Waals surface area contributed by atoms with E-state index in [9.17, 15) is 34.8 Å². The number of hydrogen-bond acceptors (Lipinski definition) is 12. The summed E-state index contributed by atoms with van der Waals surface area (Å²) in [4.78, 5) is 47.3. The molecular weight excluding hydrogens is 594 g/mol. The zero-order chi connectivity index (χ0) is 34.0. The molecule has 248 valence electrons. The SMILES string of the molecule is CN(C)CCN(C)Cc1ccc(-c2cc(N(C)C)c3c(c2O)C(O)=C2C(=O)[C@]4(O)C(O)=C(C(N)=O)C(=O)[C@@H](N(C)C)[C@@H]4C[C@@H]2C3)o1. The first-order chi connectivity index (χ1) is 21.5. The van der Waals surface area contributed by atoms with Gasteiger partial charge in [0, 0.05) is 44.4 Å². The van der Waals surface area contributed by atoms with Crippen LogP contribution in [0.25, 0.3) is 17.1 Å². The number of aliphatic hydroxyl groups is 3. The van der Waals surface area contributed by atoms with E-state index in [-0.39, 0.29) is 29.7 Å². The average Bonchev–Trinajstić information content (AvgIpc) is 3.41. The summed E-state index contributed by atoms with van der Waals surface area (Å²) in [5, 5.41) is 46.4. The minimum Gasteiger partial charge on any atom is -0.508 e. The molecule has 1 saturated carbocycles. The second-order valence-corrected chi connectivity index (χ2v) is 13.3. The number of amides is 1. The molecule has 4 atom stereocenters. The summed E-state index contributed by atoms with van der Waals surface area (Å²) in [6.07, 6.45) is 0.208. The number of aromatic hydroxyl groups is 1. The van der Waals surface area contributed by atoms with Crippen molar-refractivity contribution in [2.24, 2.45) is 17.6 Å². The van der Waals surface area contributed by atoms with Crippen molar-refractivity contribution in [1.82, 2.24) is 14.7 Å². The van der Waals surface area contributed by atoms with Crippen LogP contribution in [0, 0.1) is 11.8 Å². The standard InChI is InChI=1S/C33H43N5O8/c1-35(2)10-11-38(7)15-17-8-9-22(46-17)19-14-21(36(3)4)18-12-16-13-20-26(37(5)6)29(41)25(32(34)44)31(43)33(20,45)30(42)23(16)28(40)24(18)27(19)39/h8-9,14,16,20,26,39-40,43,45H,10-13,15H2,1-7H3,(H2,34,44)/t16-,20-,26-,33-/m0/s1. The highest BCUT2D eigenvalue weighted by Crippen LogP contribution is 2.55. The van der Waals surface area contributed by atoms with Gasteiger partial charge in [0.1, 0.15) is 34.4 Å². The maximum Gasteiger partial charge on any atom is 0.255 e. The van der Waals surface area contributed by atoms with Crippen molar-refractivity contribution in [2.75, 3.05) is 67.3 Å². The van der Waals surface area contributed by atoms with E-state index in [1.54, 1.807) is 26.2 Å². The minimum absolute atomic E-state index is 0.0125. The van der Waals surface area contributed by atoms with Crippen LogP contribution in [0.2, 0.25) is 0 Å². The molecule has 13 nitrogen and oxygen atoms in total. The number of rotatable bonds is 9. The number of aliphatic hydroxyl groups excluding tert-OH is 2. The van der Waals surface area contributed by atoms with Crippen LogP contribution in [0.1, 0.15) is 23.3 Å². The first-order valence-corrected chi connectivity index (χ1v) is 15.1. The number of nitrogens with zero attached hydrogens (tertiary/aromatic N) is 4. The molecule has 1 amide bonds. The molecule has 5 rings (SSSR count). The smallest absolute Gasteiger partial charge is 0.255 e. The van der Waals surface area contributed by atoms with Gasteiger partial charge in [0.15, 0.2) is 11.4 Å². The van der Waals surface area contributed by atoms with Crippen LogP contribution in [-0.2, 0) is 27.3 Å². The largest absolute Gasteiger partial charge is 0.508 e. The average molecular weight is 638 g/mol. The zero-order valence-electron chi connectivity index (χ0n) is 27.3. The van der Waals surface area contributed by atoms with Gasteiger partial charge in [0.25, 0.3) is 5.91 Å². The third kappa shape index (κ3) is 5.16. The highest BCUT2D eigenvalue weighted by atomic mass is 16.4. The Balaban J connectivity index is 1.63. The van der Waals surface area contributed by atoms with Crippen LogP contribution in [0.5, 0.6) is 5.75 Å². The fourth-order valence-corrected chi connectivity index (χ4v) is 7.20. The summed E-state index contributed by atoms with van der Waals surface area (Å²) in [5.74, 6) is -5.86. The van der Waals surface area contributed by atoms with Crippen molar-refractivity contribution in [3.63, 3.8) is 0 Å². The number of phenols is 1. The van der Waals surface area contributed by atoms with E-state index in [4.69, 9.17) is 10.2 Å². The summed E-state index contributed by atoms with van der Waals surface area (Å²) in [7, 11) is 12.8. The van der Waals surface area contributed by atoms with Crippen LogP contribution in [0.4, 0.5) is 5.69 Å². The van der Waals surface area contributed by atoms with E-state index < -0.39 is 58.0 Å². The zero-order valence-corrected chi connectivity index (χ0v) is 27.3. The van der Waals surface area contributed by atoms with Crippen LogP contribution in [0.3, 0.4) is 0 Å². The highest BCUT2D eigenvalue weighted by Gasteiger charge is 2.64. The molecule has 1 aromatic heterocycles. The molecule has 0 spiro atoms. The monoisotopic (exact) mass is 637 g/mol. The van der Waals surface area contributed by atoms with Crippen molar-refractivity contribution in [2.45, 2.75) is 31.0 Å². The second kappa shape index (κ2) is 11.9. The molecule has 0 aliphatic heterocycles. The molecule has 0 unspecified atom stereocenters. The third-order valence-corrected chi connectivity index (χ3v) is 9.46. The number of benzene rings is 1. The molecule has 0 saturated heterocycles. The lowest BCUT2D eigenvalue weighted by Gasteiger charge is -2.50. The van der Waals surface area contributed by atoms with Gasteiger partial charge in [-0.05, 0) is 77.8 Å². The molecule has 2 aromatic rings. The minimum atomic E-state index is -2.70. The number of carbonyl (C=O) groups is 3. The van der Waals surface area contributed by atoms with Crippen LogP contribution in [-0.4, -0.2) is 127 Å². The molecule has 3 aliphatic carbocycles. The van der Waals surface area contributed by atoms with Crippen molar-refractivity contribution in [3.8, 4) is 17.1 Å². The Hall–Kier alpha value is -4.17. The predicted octanol–water partition coefficient (Wildman–Crippen LogP) is 1.28. The lowest BCUT2D eigenvalue weighted by molar-refractivity contribution is -0.153. The molecule has 1 heterocycles. The first-order valence-electron chi connectivity index (χ1n) is 15.1. The van der Waals surface area contributed by atoms with Crippen LogP contribution in [0.15, 0.2) is 39.5 Å². The number of likely N-dealkylation sites (N-methyl/N-ethyl adjacent to an activating group) is 3. The van der Waals surface area contributed by atoms with Gasteiger partial charge in [-0.3, -0.25) is 24.2 Å². The van der Waals surface area contributed by atoms with Gasteiger partial charge < -0.3 is 40.4 Å². The van der Waals surface area contributed by atoms with E-state index in [0.29, 0.717) is 34.9 Å². The van der Waals surface area contributed by atoms with Gasteiger partial charge in [0.05, 0.1) is 23.7 Å². The molecule has 13 heteroatoms. The number of phenolic OH excluding ortho intramolecular Hbond substituents is 1. The summed E-state index contributed by atoms with van der Waals surface area (Å²) >= 11 is 0. The van der Waals surface area contributed by atoms with E-state index in [0.717, 1.165) is 13.1 Å². The number of ketones is 2. The number of furan rings is 1. The van der Waals surface area contributed by atoms with Crippen molar-refractivity contribution < 1.29 is 39.2 Å². The lowest BCUT2D eigenvalue weighted by Crippen LogP contribution is -2.65. The van der Waals surface area contributed by atoms with Crippen molar-refractivity contribution in [1.29, 1.82) is 0 Å². The topological polar surface area (TPSA) is 184 Å². The fourth-order valence-electron chi connectivity index (χ4n) is 7.20. The van der Waals surface area contributed by atoms with Crippen LogP contribution >= 0.6 is 0 Å². The number of primary amides is 1. The lowest BCUT2D eigenvalue weighted by atomic mass is 9.57. The molecule has 0 bridgehead atoms. The van der Waals surface area contributed by atoms with Crippen molar-refractivity contribution in [3.05, 3.63) is 52.0 Å². The molecule has 1 aromatic carbocycles. The first kappa shape index (κ1) is 33.2. The number of Topliss-reactive ketones (excluding diaryl/α,β-unsaturated/α-hetero) is 2. The van der Waals surface area contributed by atoms with Gasteiger partial charge in [-0.25, -0.2) is 0 Å². The van der Waals surface area contributed by atoms with E-state index in [1.165, 1.54) is 4.90 Å². The molecule has 6 N–H and O–H groups in total. The van der Waals surface area contributed by atoms with Gasteiger partial charge in [-0.1, -0.05) is 0 Å². The fraction of sp³-hybridized carbons (Fsp3) is 0.485. The van der Waals surface area contributed by atoms with Gasteiger partial charge in [-0.2, -0.15) is 0 Å². The molecular formula is C33H43N5O8. The van der Waals surface area contributed by atoms with Gasteiger partial charge in [0.2, 0.25) is 5.78 Å². The number of anilines is 1. The summed E-state index contributed by atoms with van der Waals surface area (Å²) in [5.41, 5.74) is 3.23.